The molecule has 0 N–H and O–H groups in total. The van der Waals surface area contributed by atoms with Gasteiger partial charge in [-0.25, -0.2) is 8.42 Å². The summed E-state index contributed by atoms with van der Waals surface area (Å²) in [6, 6.07) is 3.49. The number of morpholine rings is 1. The van der Waals surface area contributed by atoms with Crippen molar-refractivity contribution >= 4 is 15.7 Å². The minimum Gasteiger partial charge on any atom is -0.495 e. The molecule has 1 aromatic rings. The van der Waals surface area contributed by atoms with Crippen LogP contribution in [-0.2, 0) is 14.8 Å². The van der Waals surface area contributed by atoms with Crippen molar-refractivity contribution in [3.05, 3.63) is 28.3 Å². The molecule has 2 heterocycles. The number of nitro groups is 1. The molecule has 28 heavy (non-hydrogen) atoms. The molecule has 0 aromatic heterocycles. The van der Waals surface area contributed by atoms with Crippen LogP contribution in [0.25, 0.3) is 0 Å². The van der Waals surface area contributed by atoms with Crippen LogP contribution in [0, 0.1) is 10.1 Å². The second-order valence-electron chi connectivity index (χ2n) is 7.48. The molecule has 10 heteroatoms. The van der Waals surface area contributed by atoms with Gasteiger partial charge in [-0.05, 0) is 32.8 Å². The molecule has 0 radical (unpaired) electrons. The number of ether oxygens (including phenoxy) is 2. The highest BCUT2D eigenvalue weighted by atomic mass is 32.2. The van der Waals surface area contributed by atoms with Crippen LogP contribution in [0.2, 0.25) is 0 Å². The Hall–Kier alpha value is -1.75. The van der Waals surface area contributed by atoms with Crippen molar-refractivity contribution in [3.8, 4) is 5.75 Å². The molecule has 0 spiro atoms. The van der Waals surface area contributed by atoms with E-state index in [9.17, 15) is 18.5 Å². The number of methoxy groups -OCH3 is 1. The van der Waals surface area contributed by atoms with E-state index in [1.807, 2.05) is 13.8 Å². The van der Waals surface area contributed by atoms with E-state index < -0.39 is 14.9 Å². The smallest absolute Gasteiger partial charge is 0.271 e. The summed E-state index contributed by atoms with van der Waals surface area (Å²) in [5.41, 5.74) is -0.272. The maximum atomic E-state index is 13.3. The summed E-state index contributed by atoms with van der Waals surface area (Å²) in [6.07, 6.45) is 1.73. The molecule has 3 atom stereocenters. The third kappa shape index (κ3) is 4.29. The molecule has 9 nitrogen and oxygen atoms in total. The lowest BCUT2D eigenvalue weighted by Gasteiger charge is -2.38. The zero-order chi connectivity index (χ0) is 20.5. The highest BCUT2D eigenvalue weighted by Crippen LogP contribution is 2.34. The van der Waals surface area contributed by atoms with Crippen LogP contribution in [0.4, 0.5) is 5.69 Å². The normalized spacial score (nSPS) is 27.0. The molecule has 1 aromatic carbocycles. The predicted molar refractivity (Wildman–Crippen MR) is 103 cm³/mol. The van der Waals surface area contributed by atoms with Crippen LogP contribution >= 0.6 is 0 Å². The van der Waals surface area contributed by atoms with Gasteiger partial charge in [0.25, 0.3) is 5.69 Å². The molecule has 2 aliphatic rings. The summed E-state index contributed by atoms with van der Waals surface area (Å²) >= 11 is 0. The fourth-order valence-electron chi connectivity index (χ4n) is 4.15. The SMILES string of the molecule is COc1ccc([N+](=O)[O-])cc1S(=O)(=O)N1CCCC1CN1CC(C)OC(C)C1. The molecule has 0 amide bonds. The average Bonchev–Trinajstić information content (AvgIpc) is 3.09. The van der Waals surface area contributed by atoms with Crippen LogP contribution in [0.3, 0.4) is 0 Å². The maximum Gasteiger partial charge on any atom is 0.271 e. The van der Waals surface area contributed by atoms with Gasteiger partial charge in [0.1, 0.15) is 10.6 Å². The van der Waals surface area contributed by atoms with Gasteiger partial charge in [0.2, 0.25) is 10.0 Å². The van der Waals surface area contributed by atoms with Gasteiger partial charge >= 0.3 is 0 Å². The first-order valence-electron chi connectivity index (χ1n) is 9.44. The zero-order valence-corrected chi connectivity index (χ0v) is 17.2. The Morgan fingerprint density at radius 3 is 2.57 bits per heavy atom. The van der Waals surface area contributed by atoms with Crippen LogP contribution in [-0.4, -0.2) is 74.1 Å². The van der Waals surface area contributed by atoms with E-state index in [1.165, 1.54) is 23.5 Å². The summed E-state index contributed by atoms with van der Waals surface area (Å²) < 4.78 is 39.1. The number of nitro benzene ring substituents is 1. The third-order valence-corrected chi connectivity index (χ3v) is 7.20. The van der Waals surface area contributed by atoms with Gasteiger partial charge < -0.3 is 9.47 Å². The largest absolute Gasteiger partial charge is 0.495 e. The van der Waals surface area contributed by atoms with Crippen molar-refractivity contribution in [2.75, 3.05) is 33.3 Å². The van der Waals surface area contributed by atoms with Crippen LogP contribution in [0.1, 0.15) is 26.7 Å². The van der Waals surface area contributed by atoms with Crippen molar-refractivity contribution in [2.45, 2.75) is 49.8 Å². The summed E-state index contributed by atoms with van der Waals surface area (Å²) in [5, 5.41) is 11.1. The van der Waals surface area contributed by atoms with E-state index in [2.05, 4.69) is 4.90 Å². The van der Waals surface area contributed by atoms with Crippen LogP contribution < -0.4 is 4.74 Å². The Morgan fingerprint density at radius 1 is 1.29 bits per heavy atom. The first-order chi connectivity index (χ1) is 13.2. The number of nitrogens with zero attached hydrogens (tertiary/aromatic N) is 3. The standard InChI is InChI=1S/C18H27N3O6S/c1-13-10-19(11-14(2)27-13)12-16-5-4-8-20(16)28(24,25)18-9-15(21(22)23)6-7-17(18)26-3/h6-7,9,13-14,16H,4-5,8,10-12H2,1-3H3. The Labute approximate surface area is 165 Å². The highest BCUT2D eigenvalue weighted by molar-refractivity contribution is 7.89. The van der Waals surface area contributed by atoms with Crippen molar-refractivity contribution in [1.29, 1.82) is 0 Å². The van der Waals surface area contributed by atoms with Crippen LogP contribution in [0.15, 0.2) is 23.1 Å². The summed E-state index contributed by atoms with van der Waals surface area (Å²) in [7, 11) is -2.56. The number of sulfonamides is 1. The van der Waals surface area contributed by atoms with Gasteiger partial charge in [-0.3, -0.25) is 15.0 Å². The Kier molecular flexibility index (Phi) is 6.23. The molecular formula is C18H27N3O6S. The quantitative estimate of drug-likeness (QED) is 0.518. The molecule has 156 valence electrons. The van der Waals surface area contributed by atoms with Crippen LogP contribution in [0.5, 0.6) is 5.75 Å². The van der Waals surface area contributed by atoms with Crippen molar-refractivity contribution in [3.63, 3.8) is 0 Å². The first-order valence-corrected chi connectivity index (χ1v) is 10.9. The van der Waals surface area contributed by atoms with Gasteiger partial charge in [-0.15, -0.1) is 0 Å². The molecule has 0 saturated carbocycles. The number of hydrogen-bond acceptors (Lipinski definition) is 7. The Balaban J connectivity index is 1.86. The average molecular weight is 413 g/mol. The number of non-ortho nitro benzene ring substituents is 1. The fraction of sp³-hybridized carbons (Fsp3) is 0.667. The molecule has 3 unspecified atom stereocenters. The molecule has 3 rings (SSSR count). The summed E-state index contributed by atoms with van der Waals surface area (Å²) in [5.74, 6) is 0.116. The van der Waals surface area contributed by atoms with E-state index in [4.69, 9.17) is 9.47 Å². The first kappa shape index (κ1) is 21.0. The van der Waals surface area contributed by atoms with Crippen molar-refractivity contribution in [1.82, 2.24) is 9.21 Å². The zero-order valence-electron chi connectivity index (χ0n) is 16.4. The molecule has 2 fully saturated rings. The molecule has 0 aliphatic carbocycles. The van der Waals surface area contributed by atoms with E-state index in [0.717, 1.165) is 32.0 Å². The highest BCUT2D eigenvalue weighted by Gasteiger charge is 2.39. The van der Waals surface area contributed by atoms with Crippen molar-refractivity contribution in [2.24, 2.45) is 0 Å². The Morgan fingerprint density at radius 2 is 1.96 bits per heavy atom. The lowest BCUT2D eigenvalue weighted by Crippen LogP contribution is -2.50. The van der Waals surface area contributed by atoms with E-state index >= 15 is 0 Å². The maximum absolute atomic E-state index is 13.3. The minimum absolute atomic E-state index is 0.104. The second kappa shape index (κ2) is 8.32. The number of hydrogen-bond donors (Lipinski definition) is 0. The van der Waals surface area contributed by atoms with E-state index in [1.54, 1.807) is 0 Å². The topological polar surface area (TPSA) is 102 Å². The summed E-state index contributed by atoms with van der Waals surface area (Å²) in [4.78, 5) is 12.6. The lowest BCUT2D eigenvalue weighted by atomic mass is 10.1. The minimum atomic E-state index is -3.92. The number of benzene rings is 1. The van der Waals surface area contributed by atoms with Crippen molar-refractivity contribution < 1.29 is 22.8 Å². The van der Waals surface area contributed by atoms with E-state index in [0.29, 0.717) is 13.1 Å². The number of rotatable bonds is 6. The molecule has 2 aliphatic heterocycles. The van der Waals surface area contributed by atoms with Gasteiger partial charge in [0.15, 0.2) is 0 Å². The lowest BCUT2D eigenvalue weighted by molar-refractivity contribution is -0.385. The predicted octanol–water partition coefficient (Wildman–Crippen LogP) is 1.87. The van der Waals surface area contributed by atoms with E-state index in [-0.39, 0.29) is 34.6 Å². The molecule has 2 saturated heterocycles. The fourth-order valence-corrected chi connectivity index (χ4v) is 6.01. The Bertz CT molecular complexity index is 821. The van der Waals surface area contributed by atoms with Gasteiger partial charge in [-0.2, -0.15) is 4.31 Å². The molecule has 0 bridgehead atoms. The third-order valence-electron chi connectivity index (χ3n) is 5.23. The van der Waals surface area contributed by atoms with Gasteiger partial charge in [-0.1, -0.05) is 0 Å². The second-order valence-corrected chi connectivity index (χ2v) is 9.34. The summed E-state index contributed by atoms with van der Waals surface area (Å²) in [6.45, 7) is 6.56. The monoisotopic (exact) mass is 413 g/mol. The van der Waals surface area contributed by atoms with Gasteiger partial charge in [0, 0.05) is 44.4 Å². The van der Waals surface area contributed by atoms with Gasteiger partial charge in [0.05, 0.1) is 24.2 Å². The molecular weight excluding hydrogens is 386 g/mol.